The average molecular weight is 458 g/mol. The molecule has 0 aliphatic carbocycles. The van der Waals surface area contributed by atoms with E-state index in [4.69, 9.17) is 9.68 Å². The summed E-state index contributed by atoms with van der Waals surface area (Å²) in [6.45, 7) is 1.38. The van der Waals surface area contributed by atoms with Crippen LogP contribution in [0, 0.1) is 23.0 Å². The first-order valence-corrected chi connectivity index (χ1v) is 10.6. The topological polar surface area (TPSA) is 166 Å². The number of oxazole rings is 1. The number of hydrogen-bond acceptors (Lipinski definition) is 8. The third-order valence-corrected chi connectivity index (χ3v) is 5.41. The van der Waals surface area contributed by atoms with Crippen LogP contribution in [-0.2, 0) is 16.4 Å². The van der Waals surface area contributed by atoms with Crippen molar-refractivity contribution in [1.29, 1.82) is 5.26 Å². The molecule has 0 saturated heterocycles. The molecule has 2 aromatic rings. The Morgan fingerprint density at radius 3 is 2.52 bits per heavy atom. The molecule has 0 spiro atoms. The number of carbonyl (C=O) groups is 1. The van der Waals surface area contributed by atoms with Gasteiger partial charge in [0.15, 0.2) is 5.69 Å². The Bertz CT molecular complexity index is 1050. The van der Waals surface area contributed by atoms with Gasteiger partial charge in [0, 0.05) is 6.07 Å². The first-order valence-electron chi connectivity index (χ1n) is 8.99. The SMILES string of the molecule is CCS(=O)(=O)Nc1nc(C(=O)NC(Cc2cc(F)cc(F)c2)C(O)C(O)CC#N)co1. The third-order valence-electron chi connectivity index (χ3n) is 4.16. The molecule has 4 N–H and O–H groups in total. The number of nitrogens with one attached hydrogen (secondary N) is 2. The lowest BCUT2D eigenvalue weighted by Crippen LogP contribution is -2.49. The largest absolute Gasteiger partial charge is 0.431 e. The zero-order chi connectivity index (χ0) is 23.2. The molecule has 0 bridgehead atoms. The van der Waals surface area contributed by atoms with Crippen LogP contribution in [0.1, 0.15) is 29.4 Å². The molecule has 2 rings (SSSR count). The minimum atomic E-state index is -3.70. The van der Waals surface area contributed by atoms with Gasteiger partial charge in [-0.2, -0.15) is 10.2 Å². The number of benzene rings is 1. The Morgan fingerprint density at radius 2 is 1.94 bits per heavy atom. The Labute approximate surface area is 176 Å². The maximum absolute atomic E-state index is 13.5. The van der Waals surface area contributed by atoms with Crippen molar-refractivity contribution in [2.24, 2.45) is 0 Å². The van der Waals surface area contributed by atoms with Crippen LogP contribution in [0.2, 0.25) is 0 Å². The molecular weight excluding hydrogens is 438 g/mol. The van der Waals surface area contributed by atoms with Gasteiger partial charge in [0.25, 0.3) is 5.91 Å². The number of halogens is 2. The van der Waals surface area contributed by atoms with Gasteiger partial charge >= 0.3 is 6.01 Å². The van der Waals surface area contributed by atoms with E-state index < -0.39 is 58.3 Å². The van der Waals surface area contributed by atoms with Gasteiger partial charge in [-0.25, -0.2) is 21.9 Å². The summed E-state index contributed by atoms with van der Waals surface area (Å²) in [6.07, 6.45) is -3.12. The Kier molecular flexibility index (Phi) is 8.03. The maximum Gasteiger partial charge on any atom is 0.309 e. The zero-order valence-electron chi connectivity index (χ0n) is 16.2. The van der Waals surface area contributed by atoms with E-state index in [1.807, 2.05) is 4.72 Å². The van der Waals surface area contributed by atoms with Crippen LogP contribution in [0.25, 0.3) is 0 Å². The summed E-state index contributed by atoms with van der Waals surface area (Å²) in [5.41, 5.74) is -0.284. The molecule has 31 heavy (non-hydrogen) atoms. The fraction of sp³-hybridized carbons (Fsp3) is 0.389. The average Bonchev–Trinajstić information content (AvgIpc) is 3.14. The molecule has 0 aliphatic rings. The van der Waals surface area contributed by atoms with Crippen molar-refractivity contribution in [2.45, 2.75) is 38.0 Å². The number of rotatable bonds is 10. The summed E-state index contributed by atoms with van der Waals surface area (Å²) in [4.78, 5) is 16.2. The smallest absolute Gasteiger partial charge is 0.309 e. The molecule has 0 aliphatic heterocycles. The minimum absolute atomic E-state index is 0.0718. The van der Waals surface area contributed by atoms with Gasteiger partial charge in [0.05, 0.1) is 30.4 Å². The van der Waals surface area contributed by atoms with Crippen LogP contribution in [0.4, 0.5) is 14.8 Å². The van der Waals surface area contributed by atoms with Gasteiger partial charge < -0.3 is 19.9 Å². The van der Waals surface area contributed by atoms with Crippen molar-refractivity contribution in [3.63, 3.8) is 0 Å². The first-order chi connectivity index (χ1) is 14.5. The molecule has 3 atom stereocenters. The number of nitrogens with zero attached hydrogens (tertiary/aromatic N) is 2. The van der Waals surface area contributed by atoms with Crippen molar-refractivity contribution in [3.8, 4) is 6.07 Å². The lowest BCUT2D eigenvalue weighted by atomic mass is 9.96. The second-order valence-electron chi connectivity index (χ2n) is 6.53. The molecule has 1 heterocycles. The maximum atomic E-state index is 13.5. The van der Waals surface area contributed by atoms with E-state index in [2.05, 4.69) is 10.3 Å². The van der Waals surface area contributed by atoms with Crippen LogP contribution in [0.5, 0.6) is 0 Å². The predicted octanol–water partition coefficient (Wildman–Crippen LogP) is 0.691. The van der Waals surface area contributed by atoms with Crippen molar-refractivity contribution < 1.29 is 36.6 Å². The van der Waals surface area contributed by atoms with Gasteiger partial charge in [-0.05, 0) is 31.0 Å². The highest BCUT2D eigenvalue weighted by Crippen LogP contribution is 2.16. The fourth-order valence-corrected chi connectivity index (χ4v) is 3.10. The van der Waals surface area contributed by atoms with Crippen LogP contribution < -0.4 is 10.0 Å². The lowest BCUT2D eigenvalue weighted by Gasteiger charge is -2.26. The summed E-state index contributed by atoms with van der Waals surface area (Å²) in [7, 11) is -3.70. The molecule has 1 aromatic heterocycles. The quantitative estimate of drug-likeness (QED) is 0.404. The summed E-state index contributed by atoms with van der Waals surface area (Å²) < 4.78 is 57.0. The second-order valence-corrected chi connectivity index (χ2v) is 8.54. The van der Waals surface area contributed by atoms with Gasteiger partial charge in [0.1, 0.15) is 24.0 Å². The molecule has 10 nitrogen and oxygen atoms in total. The zero-order valence-corrected chi connectivity index (χ0v) is 17.1. The summed E-state index contributed by atoms with van der Waals surface area (Å²) in [5, 5.41) is 31.4. The van der Waals surface area contributed by atoms with Crippen LogP contribution in [0.3, 0.4) is 0 Å². The van der Waals surface area contributed by atoms with Gasteiger partial charge in [-0.3, -0.25) is 4.79 Å². The molecule has 0 radical (unpaired) electrons. The minimum Gasteiger partial charge on any atom is -0.431 e. The summed E-state index contributed by atoms with van der Waals surface area (Å²) in [6, 6.07) is 2.55. The predicted molar refractivity (Wildman–Crippen MR) is 103 cm³/mol. The molecule has 0 saturated carbocycles. The standard InChI is InChI=1S/C18H20F2N4O6S/c1-2-31(28,29)24-18-23-14(9-30-18)17(27)22-13(16(26)15(25)3-4-21)7-10-5-11(19)8-12(20)6-10/h5-6,8-9,13,15-16,25-26H,2-3,7H2,1H3,(H,22,27)(H,23,24). The van der Waals surface area contributed by atoms with Gasteiger partial charge in [-0.1, -0.05) is 0 Å². The number of aliphatic hydroxyl groups is 2. The Morgan fingerprint density at radius 1 is 1.29 bits per heavy atom. The van der Waals surface area contributed by atoms with Crippen molar-refractivity contribution in [2.75, 3.05) is 10.5 Å². The molecule has 1 aromatic carbocycles. The van der Waals surface area contributed by atoms with Crippen LogP contribution >= 0.6 is 0 Å². The van der Waals surface area contributed by atoms with Crippen LogP contribution in [-0.4, -0.2) is 53.5 Å². The van der Waals surface area contributed by atoms with Crippen molar-refractivity contribution in [3.05, 3.63) is 47.4 Å². The van der Waals surface area contributed by atoms with E-state index in [0.717, 1.165) is 18.4 Å². The number of hydrogen-bond donors (Lipinski definition) is 4. The highest BCUT2D eigenvalue weighted by Gasteiger charge is 2.29. The second kappa shape index (κ2) is 10.3. The number of aliphatic hydroxyl groups excluding tert-OH is 2. The first kappa shape index (κ1) is 24.2. The molecule has 0 fully saturated rings. The van der Waals surface area contributed by atoms with E-state index in [-0.39, 0.29) is 23.4 Å². The van der Waals surface area contributed by atoms with E-state index in [0.29, 0.717) is 6.07 Å². The molecule has 1 amide bonds. The Balaban J connectivity index is 2.23. The molecule has 3 unspecified atom stereocenters. The van der Waals surface area contributed by atoms with E-state index in [9.17, 15) is 32.2 Å². The highest BCUT2D eigenvalue weighted by atomic mass is 32.2. The number of nitriles is 1. The molecule has 168 valence electrons. The monoisotopic (exact) mass is 458 g/mol. The Hall–Kier alpha value is -3.08. The number of amides is 1. The lowest BCUT2D eigenvalue weighted by molar-refractivity contribution is -0.000403. The number of aromatic nitrogens is 1. The molecular formula is C18H20F2N4O6S. The van der Waals surface area contributed by atoms with E-state index in [1.54, 1.807) is 6.07 Å². The summed E-state index contributed by atoms with van der Waals surface area (Å²) >= 11 is 0. The van der Waals surface area contributed by atoms with Gasteiger partial charge in [0.2, 0.25) is 10.0 Å². The summed E-state index contributed by atoms with van der Waals surface area (Å²) in [5.74, 6) is -2.93. The number of sulfonamides is 1. The van der Waals surface area contributed by atoms with E-state index >= 15 is 0 Å². The molecule has 13 heteroatoms. The normalized spacial score (nSPS) is 14.3. The third kappa shape index (κ3) is 6.99. The van der Waals surface area contributed by atoms with Crippen molar-refractivity contribution >= 4 is 21.9 Å². The van der Waals surface area contributed by atoms with Crippen LogP contribution in [0.15, 0.2) is 28.9 Å². The van der Waals surface area contributed by atoms with E-state index in [1.165, 1.54) is 6.92 Å². The van der Waals surface area contributed by atoms with Gasteiger partial charge in [-0.15, -0.1) is 0 Å². The number of anilines is 1. The number of carbonyl (C=O) groups excluding carboxylic acids is 1. The van der Waals surface area contributed by atoms with Crippen molar-refractivity contribution in [1.82, 2.24) is 10.3 Å². The highest BCUT2D eigenvalue weighted by molar-refractivity contribution is 7.92. The fourth-order valence-electron chi connectivity index (χ4n) is 2.59.